The van der Waals surface area contributed by atoms with Crippen LogP contribution in [0.25, 0.3) is 0 Å². The Morgan fingerprint density at radius 1 is 1.50 bits per heavy atom. The second-order valence-electron chi connectivity index (χ2n) is 2.14. The van der Waals surface area contributed by atoms with Crippen molar-refractivity contribution in [1.29, 1.82) is 0 Å². The SMILES string of the molecule is CC1/C=C\C=C/CSC=N1. The molecule has 10 heavy (non-hydrogen) atoms. The van der Waals surface area contributed by atoms with Crippen LogP contribution in [0.1, 0.15) is 6.92 Å². The van der Waals surface area contributed by atoms with Crippen molar-refractivity contribution in [1.82, 2.24) is 0 Å². The molecule has 1 unspecified atom stereocenters. The van der Waals surface area contributed by atoms with Crippen LogP contribution >= 0.6 is 11.8 Å². The molecule has 0 fully saturated rings. The maximum atomic E-state index is 4.25. The van der Waals surface area contributed by atoms with Gasteiger partial charge in [0.2, 0.25) is 0 Å². The smallest absolute Gasteiger partial charge is 0.0660 e. The van der Waals surface area contributed by atoms with E-state index in [1.165, 1.54) is 0 Å². The second kappa shape index (κ2) is 4.34. The maximum absolute atomic E-state index is 4.25. The summed E-state index contributed by atoms with van der Waals surface area (Å²) >= 11 is 1.73. The normalized spacial score (nSPS) is 31.9. The zero-order chi connectivity index (χ0) is 7.23. The van der Waals surface area contributed by atoms with Gasteiger partial charge in [-0.05, 0) is 6.92 Å². The van der Waals surface area contributed by atoms with Gasteiger partial charge in [0.05, 0.1) is 11.6 Å². The highest BCUT2D eigenvalue weighted by Crippen LogP contribution is 2.01. The number of allylic oxidation sites excluding steroid dienone is 2. The van der Waals surface area contributed by atoms with Crippen LogP contribution in [0.3, 0.4) is 0 Å². The molecule has 1 aliphatic heterocycles. The molecule has 0 aromatic rings. The summed E-state index contributed by atoms with van der Waals surface area (Å²) < 4.78 is 0. The molecule has 1 heterocycles. The molecule has 0 amide bonds. The monoisotopic (exact) mass is 153 g/mol. The molecule has 1 rings (SSSR count). The molecule has 0 aromatic carbocycles. The first kappa shape index (κ1) is 7.61. The van der Waals surface area contributed by atoms with Crippen LogP contribution in [0.2, 0.25) is 0 Å². The van der Waals surface area contributed by atoms with Gasteiger partial charge in [0.1, 0.15) is 0 Å². The van der Waals surface area contributed by atoms with Crippen molar-refractivity contribution < 1.29 is 0 Å². The van der Waals surface area contributed by atoms with Crippen molar-refractivity contribution in [2.75, 3.05) is 5.75 Å². The molecule has 0 saturated heterocycles. The topological polar surface area (TPSA) is 12.4 Å². The van der Waals surface area contributed by atoms with Gasteiger partial charge in [0, 0.05) is 5.75 Å². The summed E-state index contributed by atoms with van der Waals surface area (Å²) in [6.45, 7) is 2.08. The van der Waals surface area contributed by atoms with Gasteiger partial charge in [-0.3, -0.25) is 4.99 Å². The van der Waals surface area contributed by atoms with Gasteiger partial charge in [0.25, 0.3) is 0 Å². The van der Waals surface area contributed by atoms with Crippen molar-refractivity contribution in [3.63, 3.8) is 0 Å². The average molecular weight is 153 g/mol. The largest absolute Gasteiger partial charge is 0.279 e. The van der Waals surface area contributed by atoms with Crippen molar-refractivity contribution in [2.45, 2.75) is 13.0 Å². The molecular weight excluding hydrogens is 142 g/mol. The molecule has 0 saturated carbocycles. The van der Waals surface area contributed by atoms with Gasteiger partial charge in [0.15, 0.2) is 0 Å². The van der Waals surface area contributed by atoms with E-state index in [4.69, 9.17) is 0 Å². The van der Waals surface area contributed by atoms with E-state index in [0.29, 0.717) is 6.04 Å². The van der Waals surface area contributed by atoms with Crippen LogP contribution in [0.4, 0.5) is 0 Å². The summed E-state index contributed by atoms with van der Waals surface area (Å²) in [7, 11) is 0. The highest BCUT2D eigenvalue weighted by molar-refractivity contribution is 8.12. The Balaban J connectivity index is 2.55. The first-order chi connectivity index (χ1) is 4.89. The zero-order valence-electron chi connectivity index (χ0n) is 6.03. The van der Waals surface area contributed by atoms with E-state index >= 15 is 0 Å². The van der Waals surface area contributed by atoms with Crippen molar-refractivity contribution in [3.05, 3.63) is 24.3 Å². The summed E-state index contributed by atoms with van der Waals surface area (Å²) in [5, 5.41) is 0. The minimum atomic E-state index is 0.329. The van der Waals surface area contributed by atoms with Gasteiger partial charge in [-0.25, -0.2) is 0 Å². The number of thioether (sulfide) groups is 1. The standard InChI is InChI=1S/C8H11NS/c1-8-5-3-2-4-6-10-7-9-8/h2-5,7-8H,6H2,1H3/b4-2-,5-3-,9-7?. The molecule has 0 bridgehead atoms. The summed E-state index contributed by atoms with van der Waals surface area (Å²) in [4.78, 5) is 4.25. The second-order valence-corrected chi connectivity index (χ2v) is 3.02. The fourth-order valence-corrected chi connectivity index (χ4v) is 1.23. The Bertz CT molecular complexity index is 170. The first-order valence-corrected chi connectivity index (χ1v) is 4.41. The summed E-state index contributed by atoms with van der Waals surface area (Å²) in [5.41, 5.74) is 1.92. The Morgan fingerprint density at radius 2 is 2.40 bits per heavy atom. The zero-order valence-corrected chi connectivity index (χ0v) is 6.84. The van der Waals surface area contributed by atoms with E-state index < -0.39 is 0 Å². The highest BCUT2D eigenvalue weighted by atomic mass is 32.2. The molecule has 0 radical (unpaired) electrons. The molecule has 1 aliphatic rings. The quantitative estimate of drug-likeness (QED) is 0.520. The maximum Gasteiger partial charge on any atom is 0.0660 e. The van der Waals surface area contributed by atoms with Crippen LogP contribution in [-0.4, -0.2) is 17.3 Å². The average Bonchev–Trinajstić information content (AvgIpc) is 2.02. The van der Waals surface area contributed by atoms with E-state index in [-0.39, 0.29) is 0 Å². The molecular formula is C8H11NS. The predicted octanol–water partition coefficient (Wildman–Crippen LogP) is 2.26. The van der Waals surface area contributed by atoms with Crippen LogP contribution in [0.15, 0.2) is 29.3 Å². The number of aliphatic imine (C=N–C) groups is 1. The van der Waals surface area contributed by atoms with Crippen molar-refractivity contribution in [2.24, 2.45) is 4.99 Å². The third-order valence-corrected chi connectivity index (χ3v) is 1.86. The lowest BCUT2D eigenvalue weighted by Crippen LogP contribution is -1.89. The molecule has 0 aliphatic carbocycles. The number of nitrogens with zero attached hydrogens (tertiary/aromatic N) is 1. The van der Waals surface area contributed by atoms with Gasteiger partial charge in [-0.2, -0.15) is 0 Å². The fourth-order valence-electron chi connectivity index (χ4n) is 0.646. The van der Waals surface area contributed by atoms with Gasteiger partial charge in [-0.15, -0.1) is 11.8 Å². The third kappa shape index (κ3) is 2.87. The Morgan fingerprint density at radius 3 is 3.30 bits per heavy atom. The molecule has 0 spiro atoms. The Kier molecular flexibility index (Phi) is 3.30. The molecule has 1 nitrogen and oxygen atoms in total. The predicted molar refractivity (Wildman–Crippen MR) is 48.7 cm³/mol. The summed E-state index contributed by atoms with van der Waals surface area (Å²) in [6.07, 6.45) is 8.33. The van der Waals surface area contributed by atoms with Crippen LogP contribution in [0.5, 0.6) is 0 Å². The van der Waals surface area contributed by atoms with Gasteiger partial charge >= 0.3 is 0 Å². The molecule has 54 valence electrons. The van der Waals surface area contributed by atoms with Gasteiger partial charge < -0.3 is 0 Å². The number of hydrogen-bond acceptors (Lipinski definition) is 2. The first-order valence-electron chi connectivity index (χ1n) is 3.36. The van der Waals surface area contributed by atoms with Gasteiger partial charge in [-0.1, -0.05) is 24.3 Å². The highest BCUT2D eigenvalue weighted by Gasteiger charge is 1.89. The molecule has 0 N–H and O–H groups in total. The molecule has 2 heteroatoms. The van der Waals surface area contributed by atoms with Crippen molar-refractivity contribution in [3.8, 4) is 0 Å². The van der Waals surface area contributed by atoms with Crippen LogP contribution in [0, 0.1) is 0 Å². The summed E-state index contributed by atoms with van der Waals surface area (Å²) in [6, 6.07) is 0.329. The lowest BCUT2D eigenvalue weighted by Gasteiger charge is -1.93. The Hall–Kier alpha value is -0.500. The fraction of sp³-hybridized carbons (Fsp3) is 0.375. The molecule has 1 atom stereocenters. The van der Waals surface area contributed by atoms with E-state index in [1.54, 1.807) is 11.8 Å². The lowest BCUT2D eigenvalue weighted by molar-refractivity contribution is 0.936. The van der Waals surface area contributed by atoms with E-state index in [0.717, 1.165) is 5.75 Å². The number of hydrogen-bond donors (Lipinski definition) is 0. The van der Waals surface area contributed by atoms with E-state index in [1.807, 2.05) is 11.6 Å². The van der Waals surface area contributed by atoms with E-state index in [9.17, 15) is 0 Å². The summed E-state index contributed by atoms with van der Waals surface area (Å²) in [5.74, 6) is 1.03. The van der Waals surface area contributed by atoms with Crippen molar-refractivity contribution >= 4 is 17.3 Å². The van der Waals surface area contributed by atoms with Crippen LogP contribution in [-0.2, 0) is 0 Å². The minimum absolute atomic E-state index is 0.329. The third-order valence-electron chi connectivity index (χ3n) is 1.20. The van der Waals surface area contributed by atoms with E-state index in [2.05, 4.69) is 30.1 Å². The lowest BCUT2D eigenvalue weighted by atomic mass is 10.3. The minimum Gasteiger partial charge on any atom is -0.279 e. The number of rotatable bonds is 0. The molecule has 0 aromatic heterocycles. The van der Waals surface area contributed by atoms with Crippen LogP contribution < -0.4 is 0 Å². The Labute approximate surface area is 65.9 Å².